The van der Waals surface area contributed by atoms with E-state index in [1.54, 1.807) is 13.2 Å². The van der Waals surface area contributed by atoms with Crippen LogP contribution in [0.25, 0.3) is 11.5 Å². The van der Waals surface area contributed by atoms with E-state index in [0.29, 0.717) is 23.4 Å². The van der Waals surface area contributed by atoms with Crippen LogP contribution in [0.3, 0.4) is 0 Å². The molecular weight excluding hydrogens is 270 g/mol. The maximum absolute atomic E-state index is 6.02. The van der Waals surface area contributed by atoms with Gasteiger partial charge < -0.3 is 19.7 Å². The molecule has 0 saturated carbocycles. The number of anilines is 1. The lowest BCUT2D eigenvalue weighted by molar-refractivity contribution is 0.0996. The summed E-state index contributed by atoms with van der Waals surface area (Å²) in [6.07, 6.45) is 3.84. The fraction of sp³-hybridized carbons (Fsp3) is 0.467. The predicted octanol–water partition coefficient (Wildman–Crippen LogP) is 2.36. The number of rotatable bonds is 3. The summed E-state index contributed by atoms with van der Waals surface area (Å²) in [6, 6.07) is 5.42. The minimum atomic E-state index is 0.244. The second kappa shape index (κ2) is 4.73. The Morgan fingerprint density at radius 3 is 2.90 bits per heavy atom. The van der Waals surface area contributed by atoms with E-state index >= 15 is 0 Å². The van der Waals surface area contributed by atoms with E-state index in [-0.39, 0.29) is 12.0 Å². The van der Waals surface area contributed by atoms with Crippen LogP contribution in [0.2, 0.25) is 0 Å². The van der Waals surface area contributed by atoms with Gasteiger partial charge in [0.15, 0.2) is 5.82 Å². The minimum Gasteiger partial charge on any atom is -0.497 e. The molecule has 3 unspecified atom stereocenters. The minimum absolute atomic E-state index is 0.244. The van der Waals surface area contributed by atoms with Crippen LogP contribution < -0.4 is 10.5 Å². The Bertz CT molecular complexity index is 670. The number of methoxy groups -OCH3 is 1. The van der Waals surface area contributed by atoms with Gasteiger partial charge in [0.25, 0.3) is 5.89 Å². The zero-order chi connectivity index (χ0) is 14.4. The zero-order valence-electron chi connectivity index (χ0n) is 11.8. The number of hydrogen-bond donors (Lipinski definition) is 1. The predicted molar refractivity (Wildman–Crippen MR) is 76.0 cm³/mol. The molecule has 2 aromatic rings. The Kier molecular flexibility index (Phi) is 2.85. The number of hydrogen-bond acceptors (Lipinski definition) is 6. The summed E-state index contributed by atoms with van der Waals surface area (Å²) >= 11 is 0. The van der Waals surface area contributed by atoms with Crippen molar-refractivity contribution in [1.29, 1.82) is 0 Å². The van der Waals surface area contributed by atoms with Gasteiger partial charge in [-0.3, -0.25) is 0 Å². The van der Waals surface area contributed by atoms with Gasteiger partial charge in [0.1, 0.15) is 5.75 Å². The summed E-state index contributed by atoms with van der Waals surface area (Å²) in [5.41, 5.74) is 7.32. The van der Waals surface area contributed by atoms with Crippen molar-refractivity contribution in [2.45, 2.75) is 37.4 Å². The molecule has 0 spiro atoms. The second-order valence-electron chi connectivity index (χ2n) is 5.63. The molecule has 3 heterocycles. The molecule has 6 heteroatoms. The first-order valence-corrected chi connectivity index (χ1v) is 7.17. The van der Waals surface area contributed by atoms with Crippen molar-refractivity contribution < 1.29 is 14.0 Å². The highest BCUT2D eigenvalue weighted by Crippen LogP contribution is 2.44. The lowest BCUT2D eigenvalue weighted by Gasteiger charge is -2.13. The maximum atomic E-state index is 6.02. The van der Waals surface area contributed by atoms with Crippen molar-refractivity contribution in [3.63, 3.8) is 0 Å². The van der Waals surface area contributed by atoms with E-state index in [1.807, 2.05) is 12.1 Å². The molecular formula is C15H17N3O3. The van der Waals surface area contributed by atoms with E-state index in [0.717, 1.165) is 30.7 Å². The zero-order valence-corrected chi connectivity index (χ0v) is 11.8. The van der Waals surface area contributed by atoms with Gasteiger partial charge >= 0.3 is 0 Å². The first-order valence-electron chi connectivity index (χ1n) is 7.17. The summed E-state index contributed by atoms with van der Waals surface area (Å²) < 4.78 is 16.4. The molecule has 0 aliphatic carbocycles. The van der Waals surface area contributed by atoms with Crippen LogP contribution in [0.1, 0.15) is 31.0 Å². The number of benzene rings is 1. The number of nitrogen functional groups attached to an aromatic ring is 1. The molecule has 2 bridgehead atoms. The van der Waals surface area contributed by atoms with Crippen LogP contribution in [-0.4, -0.2) is 29.5 Å². The van der Waals surface area contributed by atoms with Crippen LogP contribution in [0, 0.1) is 0 Å². The van der Waals surface area contributed by atoms with Crippen molar-refractivity contribution in [2.75, 3.05) is 12.8 Å². The standard InChI is InChI=1S/C15H17N3O3/c1-19-8-2-4-10(12(16)7-8)15-17-14(18-21-15)11-6-9-3-5-13(11)20-9/h2,4,7,9,11,13H,3,5-6,16H2,1H3. The molecule has 2 fully saturated rings. The normalized spacial score (nSPS) is 27.2. The monoisotopic (exact) mass is 287 g/mol. The van der Waals surface area contributed by atoms with E-state index in [1.165, 1.54) is 0 Å². The smallest absolute Gasteiger partial charge is 0.260 e. The highest BCUT2D eigenvalue weighted by atomic mass is 16.5. The number of nitrogens with two attached hydrogens (primary N) is 1. The Labute approximate surface area is 122 Å². The number of fused-ring (bicyclic) bond motifs is 2. The fourth-order valence-corrected chi connectivity index (χ4v) is 3.27. The summed E-state index contributed by atoms with van der Waals surface area (Å²) in [4.78, 5) is 4.52. The lowest BCUT2D eigenvalue weighted by atomic mass is 9.89. The molecule has 2 aliphatic heterocycles. The summed E-state index contributed by atoms with van der Waals surface area (Å²) in [7, 11) is 1.61. The third-order valence-electron chi connectivity index (χ3n) is 4.37. The maximum Gasteiger partial charge on any atom is 0.260 e. The van der Waals surface area contributed by atoms with Gasteiger partial charge in [-0.25, -0.2) is 0 Å². The van der Waals surface area contributed by atoms with Gasteiger partial charge in [-0.05, 0) is 31.4 Å². The van der Waals surface area contributed by atoms with Crippen molar-refractivity contribution in [2.24, 2.45) is 0 Å². The molecule has 0 radical (unpaired) electrons. The van der Waals surface area contributed by atoms with Crippen molar-refractivity contribution in [3.8, 4) is 17.2 Å². The Morgan fingerprint density at radius 1 is 1.33 bits per heavy atom. The SMILES string of the molecule is COc1ccc(-c2nc(C3CC4CCC3O4)no2)c(N)c1. The van der Waals surface area contributed by atoms with Crippen LogP contribution in [0.5, 0.6) is 5.75 Å². The van der Waals surface area contributed by atoms with E-state index < -0.39 is 0 Å². The van der Waals surface area contributed by atoms with Crippen molar-refractivity contribution in [1.82, 2.24) is 10.1 Å². The Balaban J connectivity index is 1.62. The number of ether oxygens (including phenoxy) is 2. The summed E-state index contributed by atoms with van der Waals surface area (Å²) in [6.45, 7) is 0. The Morgan fingerprint density at radius 2 is 2.24 bits per heavy atom. The van der Waals surface area contributed by atoms with Gasteiger partial charge in [0.05, 0.1) is 30.8 Å². The molecule has 1 aromatic heterocycles. The molecule has 2 N–H and O–H groups in total. The van der Waals surface area contributed by atoms with Gasteiger partial charge in [0, 0.05) is 11.8 Å². The number of aromatic nitrogens is 2. The molecule has 110 valence electrons. The lowest BCUT2D eigenvalue weighted by Crippen LogP contribution is -2.15. The van der Waals surface area contributed by atoms with E-state index in [2.05, 4.69) is 10.1 Å². The summed E-state index contributed by atoms with van der Waals surface area (Å²) in [5.74, 6) is 2.14. The van der Waals surface area contributed by atoms with Gasteiger partial charge in [-0.2, -0.15) is 4.98 Å². The molecule has 2 saturated heterocycles. The fourth-order valence-electron chi connectivity index (χ4n) is 3.27. The molecule has 4 rings (SSSR count). The molecule has 21 heavy (non-hydrogen) atoms. The molecule has 2 aliphatic rings. The number of nitrogens with zero attached hydrogens (tertiary/aromatic N) is 2. The molecule has 6 nitrogen and oxygen atoms in total. The average Bonchev–Trinajstić information content (AvgIpc) is 3.22. The quantitative estimate of drug-likeness (QED) is 0.872. The van der Waals surface area contributed by atoms with E-state index in [9.17, 15) is 0 Å². The van der Waals surface area contributed by atoms with Gasteiger partial charge in [-0.1, -0.05) is 5.16 Å². The second-order valence-corrected chi connectivity index (χ2v) is 5.63. The highest BCUT2D eigenvalue weighted by molar-refractivity contribution is 5.71. The first-order chi connectivity index (χ1) is 10.2. The van der Waals surface area contributed by atoms with Crippen LogP contribution in [-0.2, 0) is 4.74 Å². The third-order valence-corrected chi connectivity index (χ3v) is 4.37. The molecule has 3 atom stereocenters. The van der Waals surface area contributed by atoms with Crippen molar-refractivity contribution in [3.05, 3.63) is 24.0 Å². The van der Waals surface area contributed by atoms with E-state index in [4.69, 9.17) is 19.7 Å². The van der Waals surface area contributed by atoms with Crippen LogP contribution >= 0.6 is 0 Å². The van der Waals surface area contributed by atoms with Crippen LogP contribution in [0.4, 0.5) is 5.69 Å². The van der Waals surface area contributed by atoms with Gasteiger partial charge in [-0.15, -0.1) is 0 Å². The average molecular weight is 287 g/mol. The third kappa shape index (κ3) is 2.06. The van der Waals surface area contributed by atoms with Crippen molar-refractivity contribution >= 4 is 5.69 Å². The highest BCUT2D eigenvalue weighted by Gasteiger charge is 2.43. The molecule has 1 aromatic carbocycles. The Hall–Kier alpha value is -2.08. The molecule has 0 amide bonds. The first kappa shape index (κ1) is 12.6. The summed E-state index contributed by atoms with van der Waals surface area (Å²) in [5, 5.41) is 4.12. The largest absolute Gasteiger partial charge is 0.497 e. The van der Waals surface area contributed by atoms with Crippen LogP contribution in [0.15, 0.2) is 22.7 Å². The topological polar surface area (TPSA) is 83.4 Å². The van der Waals surface area contributed by atoms with Gasteiger partial charge in [0.2, 0.25) is 0 Å².